The quantitative estimate of drug-likeness (QED) is 0.407. The predicted molar refractivity (Wildman–Crippen MR) is 126 cm³/mol. The predicted octanol–water partition coefficient (Wildman–Crippen LogP) is 3.31. The van der Waals surface area contributed by atoms with Crippen molar-refractivity contribution in [2.24, 2.45) is 5.92 Å². The zero-order valence-electron chi connectivity index (χ0n) is 19.7. The molecule has 34 heavy (non-hydrogen) atoms. The normalized spacial score (nSPS) is 15.8. The number of aliphatic hydroxyl groups is 1. The van der Waals surface area contributed by atoms with Crippen LogP contribution in [0, 0.1) is 5.92 Å². The molecule has 1 aliphatic rings. The largest absolute Gasteiger partial charge is 0.389 e. The molecule has 10 heteroatoms. The second-order valence-corrected chi connectivity index (χ2v) is 9.61. The van der Waals surface area contributed by atoms with E-state index in [0.29, 0.717) is 35.7 Å². The van der Waals surface area contributed by atoms with E-state index < -0.39 is 11.0 Å². The highest BCUT2D eigenvalue weighted by Crippen LogP contribution is 2.50. The molecule has 1 aliphatic carbocycles. The second kappa shape index (κ2) is 8.28. The number of nitrogens with zero attached hydrogens (tertiary/aromatic N) is 7. The van der Waals surface area contributed by atoms with Crippen molar-refractivity contribution in [1.29, 1.82) is 0 Å². The Balaban J connectivity index is 1.42. The van der Waals surface area contributed by atoms with Gasteiger partial charge in [0.1, 0.15) is 11.5 Å². The summed E-state index contributed by atoms with van der Waals surface area (Å²) in [6, 6.07) is 4.02. The minimum atomic E-state index is -0.868. The van der Waals surface area contributed by atoms with E-state index in [2.05, 4.69) is 43.5 Å². The van der Waals surface area contributed by atoms with Crippen LogP contribution >= 0.6 is 0 Å². The Hall–Kier alpha value is -3.66. The SMILES string of the molecule is CNc1cnc(-c2ccc(C(C)(c3noc(-c4cnn(CC(C)(C)O)c4)n3)C3CC3)cn2)cn1. The third-order valence-electron chi connectivity index (χ3n) is 6.25. The summed E-state index contributed by atoms with van der Waals surface area (Å²) in [4.78, 5) is 18.2. The highest BCUT2D eigenvalue weighted by molar-refractivity contribution is 5.55. The molecule has 4 heterocycles. The highest BCUT2D eigenvalue weighted by atomic mass is 16.5. The molecule has 1 saturated carbocycles. The van der Waals surface area contributed by atoms with Gasteiger partial charge in [0, 0.05) is 19.4 Å². The van der Waals surface area contributed by atoms with Crippen molar-refractivity contribution in [3.63, 3.8) is 0 Å². The van der Waals surface area contributed by atoms with Gasteiger partial charge in [-0.15, -0.1) is 0 Å². The first-order valence-corrected chi connectivity index (χ1v) is 11.3. The number of aromatic nitrogens is 7. The third kappa shape index (κ3) is 4.28. The van der Waals surface area contributed by atoms with Gasteiger partial charge >= 0.3 is 0 Å². The monoisotopic (exact) mass is 460 g/mol. The van der Waals surface area contributed by atoms with Crippen LogP contribution in [0.4, 0.5) is 5.82 Å². The zero-order chi connectivity index (χ0) is 23.9. The van der Waals surface area contributed by atoms with E-state index in [-0.39, 0.29) is 0 Å². The Morgan fingerprint density at radius 2 is 1.85 bits per heavy atom. The van der Waals surface area contributed by atoms with Gasteiger partial charge in [-0.25, -0.2) is 9.97 Å². The molecular formula is C24H28N8O2. The zero-order valence-corrected chi connectivity index (χ0v) is 19.7. The Kier molecular flexibility index (Phi) is 5.40. The van der Waals surface area contributed by atoms with Crippen LogP contribution in [0.5, 0.6) is 0 Å². The molecule has 0 aliphatic heterocycles. The fourth-order valence-corrected chi connectivity index (χ4v) is 4.16. The lowest BCUT2D eigenvalue weighted by molar-refractivity contribution is 0.0577. The lowest BCUT2D eigenvalue weighted by Gasteiger charge is -2.26. The molecular weight excluding hydrogens is 432 g/mol. The first-order chi connectivity index (χ1) is 16.3. The van der Waals surface area contributed by atoms with Gasteiger partial charge in [0.2, 0.25) is 0 Å². The van der Waals surface area contributed by atoms with Crippen LogP contribution in [0.15, 0.2) is 47.6 Å². The summed E-state index contributed by atoms with van der Waals surface area (Å²) in [5, 5.41) is 21.7. The molecule has 1 unspecified atom stereocenters. The Labute approximate surface area is 197 Å². The maximum absolute atomic E-state index is 10.0. The van der Waals surface area contributed by atoms with Crippen LogP contribution < -0.4 is 5.32 Å². The molecule has 4 aromatic rings. The molecule has 0 aromatic carbocycles. The third-order valence-corrected chi connectivity index (χ3v) is 6.25. The standard InChI is InChI=1S/C24H28N8O2/c1-23(2,33)14-32-13-15(9-29-32)21-30-22(31-34-21)24(3,16-5-6-16)17-7-8-18(26-10-17)19-11-28-20(25-4)12-27-19/h7-13,16,33H,5-6,14H2,1-4H3,(H,25,28). The minimum Gasteiger partial charge on any atom is -0.389 e. The van der Waals surface area contributed by atoms with Crippen LogP contribution in [0.25, 0.3) is 22.8 Å². The van der Waals surface area contributed by atoms with Crippen molar-refractivity contribution in [2.75, 3.05) is 12.4 Å². The van der Waals surface area contributed by atoms with E-state index in [1.165, 1.54) is 0 Å². The van der Waals surface area contributed by atoms with Crippen LogP contribution in [-0.2, 0) is 12.0 Å². The molecule has 1 atom stereocenters. The van der Waals surface area contributed by atoms with Crippen LogP contribution in [-0.4, -0.2) is 52.6 Å². The summed E-state index contributed by atoms with van der Waals surface area (Å²) in [6.07, 6.45) is 10.9. The highest BCUT2D eigenvalue weighted by Gasteiger charge is 2.47. The number of anilines is 1. The summed E-state index contributed by atoms with van der Waals surface area (Å²) in [6.45, 7) is 6.00. The van der Waals surface area contributed by atoms with Crippen molar-refractivity contribution in [2.45, 2.75) is 51.2 Å². The van der Waals surface area contributed by atoms with Gasteiger partial charge in [0.05, 0.1) is 47.4 Å². The lowest BCUT2D eigenvalue weighted by Crippen LogP contribution is -2.28. The van der Waals surface area contributed by atoms with Gasteiger partial charge in [0.15, 0.2) is 5.82 Å². The Morgan fingerprint density at radius 3 is 2.47 bits per heavy atom. The molecule has 4 aromatic heterocycles. The maximum Gasteiger partial charge on any atom is 0.261 e. The first kappa shape index (κ1) is 22.1. The van der Waals surface area contributed by atoms with Crippen molar-refractivity contribution in [3.8, 4) is 22.8 Å². The van der Waals surface area contributed by atoms with Crippen LogP contribution in [0.1, 0.15) is 45.0 Å². The number of rotatable bonds is 8. The van der Waals surface area contributed by atoms with Crippen molar-refractivity contribution in [3.05, 3.63) is 54.5 Å². The van der Waals surface area contributed by atoms with Crippen molar-refractivity contribution >= 4 is 5.82 Å². The summed E-state index contributed by atoms with van der Waals surface area (Å²) >= 11 is 0. The molecule has 0 amide bonds. The van der Waals surface area contributed by atoms with E-state index in [1.54, 1.807) is 50.4 Å². The molecule has 0 bridgehead atoms. The number of pyridine rings is 1. The average molecular weight is 461 g/mol. The minimum absolute atomic E-state index is 0.369. The summed E-state index contributed by atoms with van der Waals surface area (Å²) in [5.74, 6) is 2.17. The molecule has 2 N–H and O–H groups in total. The second-order valence-electron chi connectivity index (χ2n) is 9.61. The fourth-order valence-electron chi connectivity index (χ4n) is 4.16. The topological polar surface area (TPSA) is 128 Å². The van der Waals surface area contributed by atoms with Gasteiger partial charge in [-0.1, -0.05) is 11.2 Å². The van der Waals surface area contributed by atoms with Crippen molar-refractivity contribution < 1.29 is 9.63 Å². The lowest BCUT2D eigenvalue weighted by atomic mass is 9.77. The van der Waals surface area contributed by atoms with E-state index in [9.17, 15) is 5.11 Å². The van der Waals surface area contributed by atoms with Gasteiger partial charge in [0.25, 0.3) is 5.89 Å². The average Bonchev–Trinajstić information content (AvgIpc) is 3.39. The van der Waals surface area contributed by atoms with Gasteiger partial charge in [-0.2, -0.15) is 10.1 Å². The summed E-state index contributed by atoms with van der Waals surface area (Å²) in [5.41, 5.74) is 1.93. The van der Waals surface area contributed by atoms with E-state index >= 15 is 0 Å². The molecule has 10 nitrogen and oxygen atoms in total. The van der Waals surface area contributed by atoms with Gasteiger partial charge < -0.3 is 14.9 Å². The summed E-state index contributed by atoms with van der Waals surface area (Å²) < 4.78 is 7.31. The fraction of sp³-hybridized carbons (Fsp3) is 0.417. The Morgan fingerprint density at radius 1 is 1.06 bits per heavy atom. The molecule has 1 fully saturated rings. The summed E-state index contributed by atoms with van der Waals surface area (Å²) in [7, 11) is 1.81. The number of nitrogens with one attached hydrogen (secondary N) is 1. The maximum atomic E-state index is 10.0. The van der Waals surface area contributed by atoms with E-state index in [4.69, 9.17) is 9.51 Å². The van der Waals surface area contributed by atoms with Gasteiger partial charge in [-0.05, 0) is 51.2 Å². The van der Waals surface area contributed by atoms with Gasteiger partial charge in [-0.3, -0.25) is 9.67 Å². The molecule has 0 spiro atoms. The van der Waals surface area contributed by atoms with E-state index in [0.717, 1.165) is 29.7 Å². The molecule has 5 rings (SSSR count). The van der Waals surface area contributed by atoms with Crippen molar-refractivity contribution in [1.82, 2.24) is 34.9 Å². The molecule has 176 valence electrons. The molecule has 0 radical (unpaired) electrons. The van der Waals surface area contributed by atoms with Crippen LogP contribution in [0.3, 0.4) is 0 Å². The molecule has 0 saturated heterocycles. The smallest absolute Gasteiger partial charge is 0.261 e. The number of hydrogen-bond donors (Lipinski definition) is 2. The van der Waals surface area contributed by atoms with E-state index in [1.807, 2.05) is 12.3 Å². The first-order valence-electron chi connectivity index (χ1n) is 11.3. The Bertz CT molecular complexity index is 1270. The van der Waals surface area contributed by atoms with Crippen LogP contribution in [0.2, 0.25) is 0 Å². The number of hydrogen-bond acceptors (Lipinski definition) is 9.